The molecule has 1 saturated heterocycles. The van der Waals surface area contributed by atoms with Crippen LogP contribution in [0.15, 0.2) is 4.99 Å². The molecule has 8 heteroatoms. The van der Waals surface area contributed by atoms with Gasteiger partial charge in [0, 0.05) is 33.8 Å². The number of nitrogens with zero attached hydrogens (tertiary/aromatic N) is 2. The van der Waals surface area contributed by atoms with E-state index in [2.05, 4.69) is 20.5 Å². The molecule has 0 spiro atoms. The number of carbonyl (C=O) groups excluding carboxylic acids is 1. The third-order valence-electron chi connectivity index (χ3n) is 4.31. The van der Waals surface area contributed by atoms with Crippen molar-refractivity contribution in [2.24, 2.45) is 16.6 Å². The lowest BCUT2D eigenvalue weighted by Gasteiger charge is -2.31. The lowest BCUT2D eigenvalue weighted by Crippen LogP contribution is -2.46. The van der Waals surface area contributed by atoms with E-state index in [1.165, 1.54) is 0 Å². The number of halogens is 1. The lowest BCUT2D eigenvalue weighted by molar-refractivity contribution is -0.123. The highest BCUT2D eigenvalue weighted by molar-refractivity contribution is 14.0. The van der Waals surface area contributed by atoms with Crippen LogP contribution in [0, 0.1) is 5.92 Å². The Bertz CT molecular complexity index is 404. The fraction of sp³-hybridized carbons (Fsp3) is 0.875. The summed E-state index contributed by atoms with van der Waals surface area (Å²) in [5, 5.41) is 6.56. The van der Waals surface area contributed by atoms with Gasteiger partial charge in [0.05, 0.1) is 11.5 Å². The minimum atomic E-state index is -0.227. The predicted octanol–water partition coefficient (Wildman–Crippen LogP) is 0.782. The van der Waals surface area contributed by atoms with Gasteiger partial charge in [-0.1, -0.05) is 0 Å². The summed E-state index contributed by atoms with van der Waals surface area (Å²) >= 11 is 0. The van der Waals surface area contributed by atoms with Crippen molar-refractivity contribution < 1.29 is 9.53 Å². The van der Waals surface area contributed by atoms with Gasteiger partial charge < -0.3 is 26.0 Å². The van der Waals surface area contributed by atoms with Gasteiger partial charge in [0.25, 0.3) is 0 Å². The van der Waals surface area contributed by atoms with Crippen LogP contribution in [-0.2, 0) is 9.53 Å². The highest BCUT2D eigenvalue weighted by Crippen LogP contribution is 2.15. The maximum atomic E-state index is 11.3. The first kappa shape index (κ1) is 23.4. The van der Waals surface area contributed by atoms with Crippen LogP contribution in [-0.4, -0.2) is 69.2 Å². The molecule has 0 saturated carbocycles. The standard InChI is InChI=1S/C16H33N5O2.HI/c1-16(2,23-4)12-20-15(18-3)19-8-6-10-21-9-5-7-13(11-21)14(17)22;/h13H,5-12H2,1-4H3,(H2,17,22)(H2,18,19,20);1H. The molecule has 7 nitrogen and oxygen atoms in total. The van der Waals surface area contributed by atoms with Crippen LogP contribution in [0.1, 0.15) is 33.1 Å². The van der Waals surface area contributed by atoms with Gasteiger partial charge in [0.1, 0.15) is 0 Å². The summed E-state index contributed by atoms with van der Waals surface area (Å²) in [6, 6.07) is 0. The minimum absolute atomic E-state index is 0. The Balaban J connectivity index is 0.00000529. The molecule has 1 aliphatic heterocycles. The van der Waals surface area contributed by atoms with E-state index < -0.39 is 0 Å². The average molecular weight is 455 g/mol. The Hall–Kier alpha value is -0.610. The fourth-order valence-corrected chi connectivity index (χ4v) is 2.59. The van der Waals surface area contributed by atoms with E-state index >= 15 is 0 Å². The zero-order valence-electron chi connectivity index (χ0n) is 15.4. The highest BCUT2D eigenvalue weighted by Gasteiger charge is 2.23. The first-order valence-electron chi connectivity index (χ1n) is 8.39. The van der Waals surface area contributed by atoms with Gasteiger partial charge in [0.15, 0.2) is 5.96 Å². The van der Waals surface area contributed by atoms with Gasteiger partial charge >= 0.3 is 0 Å². The highest BCUT2D eigenvalue weighted by atomic mass is 127. The van der Waals surface area contributed by atoms with Gasteiger partial charge in [-0.2, -0.15) is 0 Å². The molecule has 0 radical (unpaired) electrons. The number of hydrogen-bond donors (Lipinski definition) is 3. The third-order valence-corrected chi connectivity index (χ3v) is 4.31. The zero-order valence-corrected chi connectivity index (χ0v) is 17.8. The molecule has 1 unspecified atom stereocenters. The van der Waals surface area contributed by atoms with Gasteiger partial charge in [0.2, 0.25) is 5.91 Å². The number of hydrogen-bond acceptors (Lipinski definition) is 4. The van der Waals surface area contributed by atoms with Crippen molar-refractivity contribution in [2.45, 2.75) is 38.7 Å². The topological polar surface area (TPSA) is 92.0 Å². The zero-order chi connectivity index (χ0) is 17.3. The number of likely N-dealkylation sites (tertiary alicyclic amines) is 1. The van der Waals surface area contributed by atoms with E-state index in [1.54, 1.807) is 14.2 Å². The van der Waals surface area contributed by atoms with Crippen LogP contribution < -0.4 is 16.4 Å². The van der Waals surface area contributed by atoms with Gasteiger partial charge in [-0.15, -0.1) is 24.0 Å². The Morgan fingerprint density at radius 2 is 2.12 bits per heavy atom. The molecule has 24 heavy (non-hydrogen) atoms. The fourth-order valence-electron chi connectivity index (χ4n) is 2.59. The Labute approximate surface area is 163 Å². The molecular weight excluding hydrogens is 421 g/mol. The van der Waals surface area contributed by atoms with Gasteiger partial charge in [-0.05, 0) is 46.2 Å². The third kappa shape index (κ3) is 9.03. The summed E-state index contributed by atoms with van der Waals surface area (Å²) in [5.74, 6) is 0.629. The molecule has 1 aliphatic rings. The summed E-state index contributed by atoms with van der Waals surface area (Å²) < 4.78 is 5.38. The molecule has 1 heterocycles. The van der Waals surface area contributed by atoms with Crippen LogP contribution in [0.2, 0.25) is 0 Å². The van der Waals surface area contributed by atoms with Crippen molar-refractivity contribution in [3.63, 3.8) is 0 Å². The number of amides is 1. The van der Waals surface area contributed by atoms with Crippen molar-refractivity contribution in [2.75, 3.05) is 46.9 Å². The molecule has 0 aromatic rings. The van der Waals surface area contributed by atoms with E-state index in [9.17, 15) is 4.79 Å². The molecule has 0 aromatic heterocycles. The minimum Gasteiger partial charge on any atom is -0.377 e. The quantitative estimate of drug-likeness (QED) is 0.218. The number of aliphatic imine (C=N–C) groups is 1. The number of ether oxygens (including phenoxy) is 1. The summed E-state index contributed by atoms with van der Waals surface area (Å²) in [6.07, 6.45) is 2.98. The molecule has 142 valence electrons. The van der Waals surface area contributed by atoms with E-state index in [4.69, 9.17) is 10.5 Å². The second-order valence-electron chi connectivity index (χ2n) is 6.71. The number of carbonyl (C=O) groups is 1. The van der Waals surface area contributed by atoms with Crippen molar-refractivity contribution in [1.29, 1.82) is 0 Å². The first-order chi connectivity index (χ1) is 10.9. The van der Waals surface area contributed by atoms with E-state index in [-0.39, 0.29) is 41.4 Å². The number of guanidine groups is 1. The predicted molar refractivity (Wildman–Crippen MR) is 109 cm³/mol. The van der Waals surface area contributed by atoms with E-state index in [0.29, 0.717) is 6.54 Å². The molecule has 1 fully saturated rings. The van der Waals surface area contributed by atoms with Crippen molar-refractivity contribution in [3.05, 3.63) is 0 Å². The summed E-state index contributed by atoms with van der Waals surface area (Å²) in [7, 11) is 3.47. The maximum Gasteiger partial charge on any atom is 0.221 e. The Morgan fingerprint density at radius 3 is 2.71 bits per heavy atom. The van der Waals surface area contributed by atoms with Crippen molar-refractivity contribution in [3.8, 4) is 0 Å². The molecular formula is C16H34IN5O2. The molecule has 0 aromatic carbocycles. The SMILES string of the molecule is CN=C(NCCCN1CCCC(C(N)=O)C1)NCC(C)(C)OC.I. The molecule has 1 atom stereocenters. The maximum absolute atomic E-state index is 11.3. The van der Waals surface area contributed by atoms with Gasteiger partial charge in [-0.3, -0.25) is 9.79 Å². The normalized spacial score (nSPS) is 19.5. The summed E-state index contributed by atoms with van der Waals surface area (Å²) in [5.41, 5.74) is 5.18. The summed E-state index contributed by atoms with van der Waals surface area (Å²) in [6.45, 7) is 8.40. The number of nitrogens with one attached hydrogen (secondary N) is 2. The Morgan fingerprint density at radius 1 is 1.42 bits per heavy atom. The molecule has 1 amide bonds. The Kier molecular flexibility index (Phi) is 11.6. The second-order valence-corrected chi connectivity index (χ2v) is 6.71. The number of piperidine rings is 1. The van der Waals surface area contributed by atoms with E-state index in [1.807, 2.05) is 13.8 Å². The average Bonchev–Trinajstić information content (AvgIpc) is 2.54. The molecule has 0 bridgehead atoms. The van der Waals surface area contributed by atoms with Crippen LogP contribution >= 0.6 is 24.0 Å². The smallest absolute Gasteiger partial charge is 0.221 e. The lowest BCUT2D eigenvalue weighted by atomic mass is 9.97. The van der Waals surface area contributed by atoms with Crippen molar-refractivity contribution >= 4 is 35.8 Å². The number of primary amides is 1. The second kappa shape index (κ2) is 11.9. The molecule has 4 N–H and O–H groups in total. The number of methoxy groups -OCH3 is 1. The van der Waals surface area contributed by atoms with Crippen LogP contribution in [0.4, 0.5) is 0 Å². The largest absolute Gasteiger partial charge is 0.377 e. The van der Waals surface area contributed by atoms with E-state index in [0.717, 1.165) is 51.4 Å². The summed E-state index contributed by atoms with van der Waals surface area (Å²) in [4.78, 5) is 17.8. The first-order valence-corrected chi connectivity index (χ1v) is 8.39. The number of rotatable bonds is 8. The van der Waals surface area contributed by atoms with Crippen molar-refractivity contribution in [1.82, 2.24) is 15.5 Å². The van der Waals surface area contributed by atoms with Crippen LogP contribution in [0.3, 0.4) is 0 Å². The van der Waals surface area contributed by atoms with Crippen LogP contribution in [0.5, 0.6) is 0 Å². The van der Waals surface area contributed by atoms with Crippen LogP contribution in [0.25, 0.3) is 0 Å². The monoisotopic (exact) mass is 455 g/mol. The molecule has 0 aliphatic carbocycles. The van der Waals surface area contributed by atoms with Gasteiger partial charge in [-0.25, -0.2) is 0 Å². The molecule has 1 rings (SSSR count). The number of nitrogens with two attached hydrogens (primary N) is 1.